The summed E-state index contributed by atoms with van der Waals surface area (Å²) in [6.45, 7) is 3.34. The van der Waals surface area contributed by atoms with E-state index in [1.165, 1.54) is 16.7 Å². The molecule has 0 bridgehead atoms. The molecular weight excluding hydrogens is 226 g/mol. The van der Waals surface area contributed by atoms with Gasteiger partial charge in [0.1, 0.15) is 0 Å². The van der Waals surface area contributed by atoms with E-state index in [0.29, 0.717) is 18.8 Å². The van der Waals surface area contributed by atoms with Gasteiger partial charge in [-0.15, -0.1) is 0 Å². The lowest BCUT2D eigenvalue weighted by Gasteiger charge is -2.16. The minimum Gasteiger partial charge on any atom is -0.355 e. The van der Waals surface area contributed by atoms with Crippen molar-refractivity contribution in [2.75, 3.05) is 38.2 Å². The summed E-state index contributed by atoms with van der Waals surface area (Å²) in [4.78, 5) is 24.3. The van der Waals surface area contributed by atoms with Crippen molar-refractivity contribution >= 4 is 23.6 Å². The maximum Gasteiger partial charge on any atom is 0.239 e. The summed E-state index contributed by atoms with van der Waals surface area (Å²) in [7, 11) is 1.64. The smallest absolute Gasteiger partial charge is 0.239 e. The number of nitrogens with two attached hydrogens (primary N) is 1. The topological polar surface area (TPSA) is 75.4 Å². The molecule has 94 valence electrons. The third kappa shape index (κ3) is 7.53. The number of hydrogen-bond donors (Lipinski definition) is 2. The molecule has 5 nitrogen and oxygen atoms in total. The van der Waals surface area contributed by atoms with Crippen LogP contribution in [0.25, 0.3) is 0 Å². The predicted molar refractivity (Wildman–Crippen MR) is 67.3 cm³/mol. The van der Waals surface area contributed by atoms with Gasteiger partial charge in [-0.25, -0.2) is 0 Å². The van der Waals surface area contributed by atoms with Gasteiger partial charge in [0.25, 0.3) is 0 Å². The number of rotatable bonds is 8. The van der Waals surface area contributed by atoms with E-state index in [1.807, 2.05) is 6.92 Å². The van der Waals surface area contributed by atoms with Crippen LogP contribution >= 0.6 is 11.8 Å². The van der Waals surface area contributed by atoms with E-state index in [1.54, 1.807) is 7.05 Å². The Bertz CT molecular complexity index is 224. The molecule has 0 aromatic heterocycles. The Morgan fingerprint density at radius 3 is 2.69 bits per heavy atom. The SMILES string of the molecule is CCCNC(=O)CN(C)C(=O)CSCCN. The molecule has 3 N–H and O–H groups in total. The summed E-state index contributed by atoms with van der Waals surface area (Å²) in [6, 6.07) is 0. The van der Waals surface area contributed by atoms with Crippen molar-refractivity contribution in [3.8, 4) is 0 Å². The van der Waals surface area contributed by atoms with Gasteiger partial charge in [-0.3, -0.25) is 9.59 Å². The molecule has 0 saturated carbocycles. The van der Waals surface area contributed by atoms with Crippen LogP contribution in [-0.4, -0.2) is 54.9 Å². The minimum atomic E-state index is -0.110. The molecule has 0 spiro atoms. The maximum atomic E-state index is 11.5. The summed E-state index contributed by atoms with van der Waals surface area (Å²) >= 11 is 1.49. The van der Waals surface area contributed by atoms with Crippen LogP contribution < -0.4 is 11.1 Å². The molecule has 0 radical (unpaired) electrons. The first kappa shape index (κ1) is 15.2. The number of nitrogens with one attached hydrogen (secondary N) is 1. The van der Waals surface area contributed by atoms with Crippen LogP contribution in [-0.2, 0) is 9.59 Å². The molecule has 0 rings (SSSR count). The average Bonchev–Trinajstić information content (AvgIpc) is 2.26. The van der Waals surface area contributed by atoms with Gasteiger partial charge in [0.2, 0.25) is 11.8 Å². The number of thioether (sulfide) groups is 1. The summed E-state index contributed by atoms with van der Waals surface area (Å²) in [5.41, 5.74) is 5.32. The van der Waals surface area contributed by atoms with Crippen LogP contribution in [0.15, 0.2) is 0 Å². The highest BCUT2D eigenvalue weighted by Gasteiger charge is 2.11. The molecule has 0 aromatic rings. The third-order valence-electron chi connectivity index (χ3n) is 1.87. The van der Waals surface area contributed by atoms with Gasteiger partial charge in [-0.05, 0) is 6.42 Å². The highest BCUT2D eigenvalue weighted by atomic mass is 32.2. The average molecular weight is 247 g/mol. The predicted octanol–water partition coefficient (Wildman–Crippen LogP) is -0.337. The Hall–Kier alpha value is -0.750. The lowest BCUT2D eigenvalue weighted by atomic mass is 10.4. The van der Waals surface area contributed by atoms with Gasteiger partial charge < -0.3 is 16.0 Å². The highest BCUT2D eigenvalue weighted by molar-refractivity contribution is 7.99. The van der Waals surface area contributed by atoms with Crippen molar-refractivity contribution in [1.29, 1.82) is 0 Å². The second kappa shape index (κ2) is 9.47. The van der Waals surface area contributed by atoms with Gasteiger partial charge in [0.05, 0.1) is 12.3 Å². The second-order valence-electron chi connectivity index (χ2n) is 3.44. The fraction of sp³-hybridized carbons (Fsp3) is 0.800. The molecule has 0 fully saturated rings. The van der Waals surface area contributed by atoms with Crippen LogP contribution in [0.1, 0.15) is 13.3 Å². The minimum absolute atomic E-state index is 0.0369. The van der Waals surface area contributed by atoms with Crippen molar-refractivity contribution in [3.63, 3.8) is 0 Å². The standard InChI is InChI=1S/C10H21N3O2S/c1-3-5-12-9(14)7-13(2)10(15)8-16-6-4-11/h3-8,11H2,1-2H3,(H,12,14). The number of carbonyl (C=O) groups excluding carboxylic acids is 2. The molecule has 6 heteroatoms. The van der Waals surface area contributed by atoms with E-state index in [-0.39, 0.29) is 18.4 Å². The first-order valence-electron chi connectivity index (χ1n) is 5.40. The Morgan fingerprint density at radius 2 is 2.12 bits per heavy atom. The van der Waals surface area contributed by atoms with Gasteiger partial charge >= 0.3 is 0 Å². The zero-order valence-electron chi connectivity index (χ0n) is 9.99. The van der Waals surface area contributed by atoms with Crippen LogP contribution in [0.3, 0.4) is 0 Å². The fourth-order valence-electron chi connectivity index (χ4n) is 0.977. The number of carbonyl (C=O) groups is 2. The van der Waals surface area contributed by atoms with E-state index in [0.717, 1.165) is 12.2 Å². The highest BCUT2D eigenvalue weighted by Crippen LogP contribution is 1.99. The molecule has 0 unspecified atom stereocenters. The quantitative estimate of drug-likeness (QED) is 0.576. The van der Waals surface area contributed by atoms with Crippen LogP contribution in [0.5, 0.6) is 0 Å². The Morgan fingerprint density at radius 1 is 1.44 bits per heavy atom. The largest absolute Gasteiger partial charge is 0.355 e. The fourth-order valence-corrected chi connectivity index (χ4v) is 1.68. The second-order valence-corrected chi connectivity index (χ2v) is 4.55. The Kier molecular flexibility index (Phi) is 9.03. The van der Waals surface area contributed by atoms with Crippen LogP contribution in [0, 0.1) is 0 Å². The number of nitrogens with zero attached hydrogens (tertiary/aromatic N) is 1. The molecule has 0 aliphatic carbocycles. The number of likely N-dealkylation sites (N-methyl/N-ethyl adjacent to an activating group) is 1. The Labute approximate surface area is 101 Å². The molecule has 0 aromatic carbocycles. The summed E-state index contributed by atoms with van der Waals surface area (Å²) in [5.74, 6) is 1.00. The zero-order valence-corrected chi connectivity index (χ0v) is 10.8. The molecule has 0 aliphatic rings. The van der Waals surface area contributed by atoms with Gasteiger partial charge in [0, 0.05) is 25.9 Å². The zero-order chi connectivity index (χ0) is 12.4. The van der Waals surface area contributed by atoms with Crippen molar-refractivity contribution in [2.24, 2.45) is 5.73 Å². The molecule has 0 aliphatic heterocycles. The van der Waals surface area contributed by atoms with Crippen molar-refractivity contribution in [3.05, 3.63) is 0 Å². The van der Waals surface area contributed by atoms with E-state index in [9.17, 15) is 9.59 Å². The lowest BCUT2D eigenvalue weighted by molar-refractivity contribution is -0.132. The first-order chi connectivity index (χ1) is 7.61. The summed E-state index contributed by atoms with van der Waals surface area (Å²) < 4.78 is 0. The van der Waals surface area contributed by atoms with Crippen LogP contribution in [0.4, 0.5) is 0 Å². The molecule has 16 heavy (non-hydrogen) atoms. The van der Waals surface area contributed by atoms with Gasteiger partial charge in [0.15, 0.2) is 0 Å². The molecule has 0 saturated heterocycles. The first-order valence-corrected chi connectivity index (χ1v) is 6.55. The van der Waals surface area contributed by atoms with Crippen molar-refractivity contribution in [2.45, 2.75) is 13.3 Å². The molecular formula is C10H21N3O2S. The maximum absolute atomic E-state index is 11.5. The Balaban J connectivity index is 3.73. The number of hydrogen-bond acceptors (Lipinski definition) is 4. The van der Waals surface area contributed by atoms with Gasteiger partial charge in [-0.1, -0.05) is 6.92 Å². The van der Waals surface area contributed by atoms with E-state index < -0.39 is 0 Å². The van der Waals surface area contributed by atoms with E-state index in [4.69, 9.17) is 5.73 Å². The molecule has 0 heterocycles. The molecule has 2 amide bonds. The number of amides is 2. The van der Waals surface area contributed by atoms with E-state index >= 15 is 0 Å². The molecule has 0 atom stereocenters. The van der Waals surface area contributed by atoms with Crippen LogP contribution in [0.2, 0.25) is 0 Å². The normalized spacial score (nSPS) is 9.94. The summed E-state index contributed by atoms with van der Waals surface area (Å²) in [6.07, 6.45) is 0.899. The summed E-state index contributed by atoms with van der Waals surface area (Å²) in [5, 5.41) is 2.73. The van der Waals surface area contributed by atoms with E-state index in [2.05, 4.69) is 5.32 Å². The third-order valence-corrected chi connectivity index (χ3v) is 2.84. The van der Waals surface area contributed by atoms with Crippen molar-refractivity contribution < 1.29 is 9.59 Å². The lowest BCUT2D eigenvalue weighted by Crippen LogP contribution is -2.39. The monoisotopic (exact) mass is 247 g/mol. The van der Waals surface area contributed by atoms with Crippen molar-refractivity contribution in [1.82, 2.24) is 10.2 Å². The van der Waals surface area contributed by atoms with Gasteiger partial charge in [-0.2, -0.15) is 11.8 Å².